The van der Waals surface area contributed by atoms with Crippen LogP contribution in [-0.4, -0.2) is 10.2 Å². The molecule has 2 aromatic rings. The maximum Gasteiger partial charge on any atom is 0.0926 e. The molecule has 2 rings (SSSR count). The molecule has 3 heteroatoms. The van der Waals surface area contributed by atoms with Crippen molar-refractivity contribution in [3.8, 4) is 11.3 Å². The van der Waals surface area contributed by atoms with E-state index in [9.17, 15) is 0 Å². The van der Waals surface area contributed by atoms with Gasteiger partial charge in [0.2, 0.25) is 0 Å². The normalized spacial score (nSPS) is 10.6. The Morgan fingerprint density at radius 3 is 2.87 bits per heavy atom. The Hall–Kier alpha value is -1.09. The molecule has 1 heterocycles. The van der Waals surface area contributed by atoms with Gasteiger partial charge in [0, 0.05) is 15.7 Å². The van der Waals surface area contributed by atoms with E-state index < -0.39 is 0 Å². The van der Waals surface area contributed by atoms with Crippen molar-refractivity contribution in [2.24, 2.45) is 0 Å². The van der Waals surface area contributed by atoms with Crippen molar-refractivity contribution in [1.29, 1.82) is 0 Å². The highest BCUT2D eigenvalue weighted by Gasteiger charge is 2.07. The lowest BCUT2D eigenvalue weighted by molar-refractivity contribution is 0.976. The molecule has 0 aliphatic rings. The van der Waals surface area contributed by atoms with E-state index in [1.165, 1.54) is 16.8 Å². The minimum absolute atomic E-state index is 0.986. The van der Waals surface area contributed by atoms with Gasteiger partial charge in [-0.1, -0.05) is 35.0 Å². The van der Waals surface area contributed by atoms with Crippen LogP contribution in [0.4, 0.5) is 0 Å². The molecule has 0 aliphatic carbocycles. The van der Waals surface area contributed by atoms with Gasteiger partial charge >= 0.3 is 0 Å². The molecule has 0 aliphatic heterocycles. The van der Waals surface area contributed by atoms with E-state index in [4.69, 9.17) is 0 Å². The van der Waals surface area contributed by atoms with Crippen LogP contribution in [-0.2, 0) is 6.42 Å². The van der Waals surface area contributed by atoms with Gasteiger partial charge in [-0.15, -0.1) is 0 Å². The molecule has 1 aromatic heterocycles. The first-order chi connectivity index (χ1) is 7.22. The molecule has 0 spiro atoms. The van der Waals surface area contributed by atoms with Gasteiger partial charge in [0.05, 0.1) is 5.69 Å². The minimum atomic E-state index is 0.986. The number of benzene rings is 1. The zero-order chi connectivity index (χ0) is 10.8. The van der Waals surface area contributed by atoms with Crippen molar-refractivity contribution in [3.05, 3.63) is 40.0 Å². The molecule has 0 fully saturated rings. The number of nitrogens with zero attached hydrogens (tertiary/aromatic N) is 1. The second-order valence-electron chi connectivity index (χ2n) is 3.54. The Morgan fingerprint density at radius 2 is 2.20 bits per heavy atom. The SMILES string of the molecule is CCc1cc(-c2cccc(Br)c2C)n[nH]1. The highest BCUT2D eigenvalue weighted by atomic mass is 79.9. The largest absolute Gasteiger partial charge is 0.282 e. The average Bonchev–Trinajstić information content (AvgIpc) is 2.70. The predicted molar refractivity (Wildman–Crippen MR) is 65.8 cm³/mol. The summed E-state index contributed by atoms with van der Waals surface area (Å²) in [4.78, 5) is 0. The Kier molecular flexibility index (Phi) is 2.91. The van der Waals surface area contributed by atoms with E-state index in [-0.39, 0.29) is 0 Å². The van der Waals surface area contributed by atoms with Crippen LogP contribution in [0, 0.1) is 6.92 Å². The highest BCUT2D eigenvalue weighted by Crippen LogP contribution is 2.27. The predicted octanol–water partition coefficient (Wildman–Crippen LogP) is 3.71. The number of aromatic nitrogens is 2. The Labute approximate surface area is 97.8 Å². The topological polar surface area (TPSA) is 28.7 Å². The van der Waals surface area contributed by atoms with Gasteiger partial charge in [0.1, 0.15) is 0 Å². The Morgan fingerprint density at radius 1 is 1.40 bits per heavy atom. The molecule has 78 valence electrons. The Bertz CT molecular complexity index is 474. The molecular formula is C12H13BrN2. The standard InChI is InChI=1S/C12H13BrN2/c1-3-9-7-12(15-14-9)10-5-4-6-11(13)8(10)2/h4-7H,3H2,1-2H3,(H,14,15). The van der Waals surface area contributed by atoms with Crippen molar-refractivity contribution < 1.29 is 0 Å². The van der Waals surface area contributed by atoms with Crippen LogP contribution in [0.5, 0.6) is 0 Å². The summed E-state index contributed by atoms with van der Waals surface area (Å²) in [6.07, 6.45) is 0.986. The van der Waals surface area contributed by atoms with Crippen LogP contribution in [0.2, 0.25) is 0 Å². The number of rotatable bonds is 2. The van der Waals surface area contributed by atoms with Gasteiger partial charge in [-0.05, 0) is 31.0 Å². The third-order valence-corrected chi connectivity index (χ3v) is 3.41. The number of nitrogens with one attached hydrogen (secondary N) is 1. The number of H-pyrrole nitrogens is 1. The molecule has 0 saturated carbocycles. The monoisotopic (exact) mass is 264 g/mol. The van der Waals surface area contributed by atoms with Gasteiger partial charge < -0.3 is 0 Å². The lowest BCUT2D eigenvalue weighted by Crippen LogP contribution is -1.84. The van der Waals surface area contributed by atoms with Crippen LogP contribution in [0.3, 0.4) is 0 Å². The van der Waals surface area contributed by atoms with Crippen LogP contribution in [0.25, 0.3) is 11.3 Å². The molecule has 0 bridgehead atoms. The fraction of sp³-hybridized carbons (Fsp3) is 0.250. The maximum absolute atomic E-state index is 4.31. The molecule has 1 N–H and O–H groups in total. The van der Waals surface area contributed by atoms with Gasteiger partial charge in [0.15, 0.2) is 0 Å². The van der Waals surface area contributed by atoms with Crippen LogP contribution in [0.1, 0.15) is 18.2 Å². The first-order valence-electron chi connectivity index (χ1n) is 5.02. The molecule has 0 saturated heterocycles. The number of hydrogen-bond acceptors (Lipinski definition) is 1. The Balaban J connectivity index is 2.49. The highest BCUT2D eigenvalue weighted by molar-refractivity contribution is 9.10. The van der Waals surface area contributed by atoms with Crippen molar-refractivity contribution in [1.82, 2.24) is 10.2 Å². The number of halogens is 1. The summed E-state index contributed by atoms with van der Waals surface area (Å²) in [6.45, 7) is 4.21. The quantitative estimate of drug-likeness (QED) is 0.881. The van der Waals surface area contributed by atoms with Crippen molar-refractivity contribution in [3.63, 3.8) is 0 Å². The second kappa shape index (κ2) is 4.19. The molecule has 1 aromatic carbocycles. The molecule has 0 unspecified atom stereocenters. The summed E-state index contributed by atoms with van der Waals surface area (Å²) in [6, 6.07) is 8.28. The van der Waals surface area contributed by atoms with Gasteiger partial charge in [0.25, 0.3) is 0 Å². The number of aromatic amines is 1. The van der Waals surface area contributed by atoms with Crippen molar-refractivity contribution in [2.45, 2.75) is 20.3 Å². The van der Waals surface area contributed by atoms with Crippen molar-refractivity contribution in [2.75, 3.05) is 0 Å². The van der Waals surface area contributed by atoms with Crippen molar-refractivity contribution >= 4 is 15.9 Å². The fourth-order valence-corrected chi connectivity index (χ4v) is 1.93. The summed E-state index contributed by atoms with van der Waals surface area (Å²) in [7, 11) is 0. The third-order valence-electron chi connectivity index (χ3n) is 2.56. The van der Waals surface area contributed by atoms with E-state index in [0.717, 1.165) is 16.6 Å². The van der Waals surface area contributed by atoms with Crippen LogP contribution >= 0.6 is 15.9 Å². The van der Waals surface area contributed by atoms with E-state index in [1.807, 2.05) is 12.1 Å². The molecule has 0 amide bonds. The summed E-state index contributed by atoms with van der Waals surface area (Å²) >= 11 is 3.53. The molecule has 0 atom stereocenters. The molecule has 2 nitrogen and oxygen atoms in total. The lowest BCUT2D eigenvalue weighted by atomic mass is 10.1. The summed E-state index contributed by atoms with van der Waals surface area (Å²) < 4.78 is 1.13. The van der Waals surface area contributed by atoms with E-state index >= 15 is 0 Å². The van der Waals surface area contributed by atoms with Crippen LogP contribution < -0.4 is 0 Å². The van der Waals surface area contributed by atoms with Gasteiger partial charge in [-0.25, -0.2) is 0 Å². The van der Waals surface area contributed by atoms with Crippen LogP contribution in [0.15, 0.2) is 28.7 Å². The minimum Gasteiger partial charge on any atom is -0.282 e. The molecule has 15 heavy (non-hydrogen) atoms. The first-order valence-corrected chi connectivity index (χ1v) is 5.81. The maximum atomic E-state index is 4.31. The van der Waals surface area contributed by atoms with E-state index in [1.54, 1.807) is 0 Å². The van der Waals surface area contributed by atoms with Gasteiger partial charge in [-0.2, -0.15) is 5.10 Å². The zero-order valence-corrected chi connectivity index (χ0v) is 10.4. The number of aryl methyl sites for hydroxylation is 1. The number of hydrogen-bond donors (Lipinski definition) is 1. The molecular weight excluding hydrogens is 252 g/mol. The summed E-state index contributed by atoms with van der Waals surface area (Å²) in [5, 5.41) is 7.35. The second-order valence-corrected chi connectivity index (χ2v) is 4.40. The fourth-order valence-electron chi connectivity index (χ4n) is 1.57. The average molecular weight is 265 g/mol. The first kappa shape index (κ1) is 10.4. The van der Waals surface area contributed by atoms with E-state index in [2.05, 4.69) is 52.1 Å². The van der Waals surface area contributed by atoms with Gasteiger partial charge in [-0.3, -0.25) is 5.10 Å². The van der Waals surface area contributed by atoms with E-state index in [0.29, 0.717) is 0 Å². The summed E-state index contributed by atoms with van der Waals surface area (Å²) in [5.74, 6) is 0. The lowest BCUT2D eigenvalue weighted by Gasteiger charge is -2.03. The summed E-state index contributed by atoms with van der Waals surface area (Å²) in [5.41, 5.74) is 4.60. The smallest absolute Gasteiger partial charge is 0.0926 e. The third kappa shape index (κ3) is 1.97. The zero-order valence-electron chi connectivity index (χ0n) is 8.84. The molecule has 0 radical (unpaired) electrons.